The standard InChI is InChI=1S/C12H19N2O4.BrH.Zn/c1-5-6-14-9(15)7-13(8-10(14)16)11(17)18-12(2,3)4;;/h1,5-8H2,2-4H3;1H;/q-1;;+2/p-1. The fourth-order valence-corrected chi connectivity index (χ4v) is 1.56. The van der Waals surface area contributed by atoms with Crippen molar-refractivity contribution in [1.29, 1.82) is 0 Å². The summed E-state index contributed by atoms with van der Waals surface area (Å²) in [7, 11) is 0. The first-order valence-electron chi connectivity index (χ1n) is 6.11. The molecule has 3 amide bonds. The molecule has 0 N–H and O–H groups in total. The van der Waals surface area contributed by atoms with Gasteiger partial charge in [0.05, 0.1) is 0 Å². The Hall–Kier alpha value is -0.487. The molecule has 0 aromatic rings. The third-order valence-electron chi connectivity index (χ3n) is 2.29. The van der Waals surface area contributed by atoms with E-state index in [4.69, 9.17) is 4.74 Å². The number of carbonyl (C=O) groups is 3. The van der Waals surface area contributed by atoms with E-state index in [1.807, 2.05) is 0 Å². The maximum absolute atomic E-state index is 11.7. The average molecular weight is 401 g/mol. The van der Waals surface area contributed by atoms with Crippen molar-refractivity contribution < 1.29 is 35.5 Å². The zero-order valence-corrected chi connectivity index (χ0v) is 16.7. The molecule has 0 aromatic heterocycles. The molecule has 8 heteroatoms. The van der Waals surface area contributed by atoms with E-state index in [2.05, 4.69) is 20.5 Å². The van der Waals surface area contributed by atoms with Crippen LogP contribution in [-0.4, -0.2) is 52.9 Å². The molecule has 1 saturated heterocycles. The van der Waals surface area contributed by atoms with Crippen molar-refractivity contribution in [3.8, 4) is 0 Å². The topological polar surface area (TPSA) is 66.9 Å². The van der Waals surface area contributed by atoms with Crippen molar-refractivity contribution in [3.05, 3.63) is 6.92 Å². The van der Waals surface area contributed by atoms with Crippen LogP contribution in [0.1, 0.15) is 27.2 Å². The molecule has 0 atom stereocenters. The Bertz CT molecular complexity index is 353. The number of hydrogen-bond donors (Lipinski definition) is 0. The Kier molecular flexibility index (Phi) is 8.51. The summed E-state index contributed by atoms with van der Waals surface area (Å²) in [6.45, 7) is 8.83. The van der Waals surface area contributed by atoms with E-state index in [0.29, 0.717) is 13.0 Å². The molecule has 6 nitrogen and oxygen atoms in total. The summed E-state index contributed by atoms with van der Waals surface area (Å²) in [6, 6.07) is 0. The molecule has 0 saturated carbocycles. The minimum absolute atomic E-state index is 0.124. The third kappa shape index (κ3) is 6.31. The van der Waals surface area contributed by atoms with E-state index >= 15 is 0 Å². The van der Waals surface area contributed by atoms with Gasteiger partial charge in [-0.15, -0.1) is 0 Å². The van der Waals surface area contributed by atoms with Gasteiger partial charge in [0, 0.05) is 6.54 Å². The zero-order chi connectivity index (χ0) is 15.9. The number of hydrogen-bond acceptors (Lipinski definition) is 4. The minimum atomic E-state index is -0.645. The SMILES string of the molecule is [CH2-]CCN1C(=O)CN(C(=O)OC(C)(C)C)CC1=O.[Zn+][Br]. The van der Waals surface area contributed by atoms with Crippen molar-refractivity contribution in [2.75, 3.05) is 19.6 Å². The van der Waals surface area contributed by atoms with Gasteiger partial charge in [-0.05, 0) is 20.8 Å². The molecule has 0 spiro atoms. The molecule has 0 aliphatic carbocycles. The normalized spacial score (nSPS) is 15.8. The second-order valence-electron chi connectivity index (χ2n) is 5.13. The van der Waals surface area contributed by atoms with Crippen LogP contribution in [0, 0.1) is 6.92 Å². The van der Waals surface area contributed by atoms with Crippen molar-refractivity contribution in [2.24, 2.45) is 0 Å². The summed E-state index contributed by atoms with van der Waals surface area (Å²) >= 11 is 4.25. The van der Waals surface area contributed by atoms with Crippen LogP contribution in [0.25, 0.3) is 0 Å². The second kappa shape index (κ2) is 8.72. The Morgan fingerprint density at radius 1 is 1.30 bits per heavy atom. The molecular weight excluding hydrogens is 381 g/mol. The number of halogens is 1. The summed E-state index contributed by atoms with van der Waals surface area (Å²) < 4.78 is 5.12. The van der Waals surface area contributed by atoms with E-state index in [1.54, 1.807) is 20.8 Å². The van der Waals surface area contributed by atoms with Gasteiger partial charge < -0.3 is 11.7 Å². The van der Waals surface area contributed by atoms with E-state index in [9.17, 15) is 14.4 Å². The fourth-order valence-electron chi connectivity index (χ4n) is 1.56. The number of rotatable bonds is 2. The summed E-state index contributed by atoms with van der Waals surface area (Å²) in [5.41, 5.74) is -0.645. The molecule has 0 aromatic carbocycles. The van der Waals surface area contributed by atoms with Gasteiger partial charge in [-0.1, -0.05) is 0 Å². The molecule has 1 heterocycles. The number of imide groups is 1. The third-order valence-corrected chi connectivity index (χ3v) is 2.29. The maximum atomic E-state index is 11.7. The number of piperazine rings is 1. The molecule has 0 bridgehead atoms. The Labute approximate surface area is 136 Å². The first kappa shape index (κ1) is 19.5. The predicted octanol–water partition coefficient (Wildman–Crippen LogP) is 1.66. The average Bonchev–Trinajstić information content (AvgIpc) is 2.34. The van der Waals surface area contributed by atoms with E-state index in [1.165, 1.54) is 16.3 Å². The van der Waals surface area contributed by atoms with Crippen LogP contribution in [0.3, 0.4) is 0 Å². The van der Waals surface area contributed by atoms with Gasteiger partial charge in [0.15, 0.2) is 0 Å². The molecule has 1 fully saturated rings. The van der Waals surface area contributed by atoms with Crippen LogP contribution in [0.5, 0.6) is 0 Å². The summed E-state index contributed by atoms with van der Waals surface area (Å²) in [6.07, 6.45) is -0.178. The van der Waals surface area contributed by atoms with Gasteiger partial charge in [-0.25, -0.2) is 4.79 Å². The van der Waals surface area contributed by atoms with Gasteiger partial charge in [0.2, 0.25) is 11.8 Å². The Morgan fingerprint density at radius 3 is 2.10 bits per heavy atom. The molecule has 20 heavy (non-hydrogen) atoms. The fraction of sp³-hybridized carbons (Fsp3) is 0.667. The van der Waals surface area contributed by atoms with Gasteiger partial charge >= 0.3 is 36.1 Å². The van der Waals surface area contributed by atoms with Crippen LogP contribution < -0.4 is 0 Å². The van der Waals surface area contributed by atoms with Crippen LogP contribution in [0.15, 0.2) is 0 Å². The van der Waals surface area contributed by atoms with Gasteiger partial charge in [0.1, 0.15) is 18.7 Å². The van der Waals surface area contributed by atoms with Crippen molar-refractivity contribution >= 4 is 31.5 Å². The van der Waals surface area contributed by atoms with Crippen molar-refractivity contribution in [2.45, 2.75) is 32.8 Å². The van der Waals surface area contributed by atoms with Gasteiger partial charge in [-0.3, -0.25) is 19.4 Å². The molecule has 1 aliphatic heterocycles. The Morgan fingerprint density at radius 2 is 1.75 bits per heavy atom. The Balaban J connectivity index is 0.00000172. The number of carbonyl (C=O) groups excluding carboxylic acids is 3. The molecule has 1 rings (SSSR count). The van der Waals surface area contributed by atoms with Crippen molar-refractivity contribution in [3.63, 3.8) is 0 Å². The molecular formula is C12H19BrN2O4Zn. The van der Waals surface area contributed by atoms with Crippen molar-refractivity contribution in [1.82, 2.24) is 9.80 Å². The summed E-state index contributed by atoms with van der Waals surface area (Å²) in [5, 5.41) is 0. The van der Waals surface area contributed by atoms with Gasteiger partial charge in [-0.2, -0.15) is 6.42 Å². The number of nitrogens with zero attached hydrogens (tertiary/aromatic N) is 2. The van der Waals surface area contributed by atoms with E-state index in [0.717, 1.165) is 9.80 Å². The molecule has 0 radical (unpaired) electrons. The first-order chi connectivity index (χ1) is 9.24. The molecule has 0 unspecified atom stereocenters. The van der Waals surface area contributed by atoms with E-state index in [-0.39, 0.29) is 24.9 Å². The molecule has 110 valence electrons. The first-order valence-corrected chi connectivity index (χ1v) is 13.1. The van der Waals surface area contributed by atoms with Crippen LogP contribution in [0.2, 0.25) is 0 Å². The monoisotopic (exact) mass is 398 g/mol. The van der Waals surface area contributed by atoms with E-state index < -0.39 is 11.7 Å². The number of amides is 3. The summed E-state index contributed by atoms with van der Waals surface area (Å²) in [4.78, 5) is 37.4. The van der Waals surface area contributed by atoms with Crippen LogP contribution in [0.4, 0.5) is 4.79 Å². The predicted molar refractivity (Wildman–Crippen MR) is 73.4 cm³/mol. The van der Waals surface area contributed by atoms with Gasteiger partial charge in [0.25, 0.3) is 0 Å². The van der Waals surface area contributed by atoms with Crippen LogP contribution in [-0.2, 0) is 30.7 Å². The number of ether oxygens (including phenoxy) is 1. The zero-order valence-electron chi connectivity index (χ0n) is 12.1. The second-order valence-corrected chi connectivity index (χ2v) is 5.13. The quantitative estimate of drug-likeness (QED) is 0.402. The van der Waals surface area contributed by atoms with Crippen LogP contribution >= 0.6 is 13.6 Å². The summed E-state index contributed by atoms with van der Waals surface area (Å²) in [5.74, 6) is -0.776. The molecule has 1 aliphatic rings.